The summed E-state index contributed by atoms with van der Waals surface area (Å²) in [4.78, 5) is 8.98. The van der Waals surface area contributed by atoms with Crippen LogP contribution < -0.4 is 0 Å². The largest absolute Gasteiger partial charge is 0.253 e. The quantitative estimate of drug-likeness (QED) is 0.829. The smallest absolute Gasteiger partial charge is 0.0901 e. The molecule has 0 bridgehead atoms. The van der Waals surface area contributed by atoms with Crippen molar-refractivity contribution in [2.75, 3.05) is 0 Å². The highest BCUT2D eigenvalue weighted by atomic mass is 79.9. The minimum absolute atomic E-state index is 0.615. The number of halogens is 1. The molecule has 0 saturated heterocycles. The molecular weight excluding hydrogens is 252 g/mol. The Morgan fingerprint density at radius 3 is 2.80 bits per heavy atom. The van der Waals surface area contributed by atoms with Crippen LogP contribution in [-0.2, 0) is 6.42 Å². The van der Waals surface area contributed by atoms with Gasteiger partial charge in [0.15, 0.2) is 0 Å². The number of rotatable bonds is 2. The molecule has 0 fully saturated rings. The second-order valence-corrected chi connectivity index (χ2v) is 5.01. The molecule has 0 atom stereocenters. The van der Waals surface area contributed by atoms with Crippen LogP contribution in [0.3, 0.4) is 0 Å². The SMILES string of the molecule is CC(C)Cc1cnc2ccc(Br)cc2n1. The first-order chi connectivity index (χ1) is 7.15. The van der Waals surface area contributed by atoms with Gasteiger partial charge in [-0.25, -0.2) is 4.98 Å². The fourth-order valence-corrected chi connectivity index (χ4v) is 1.89. The van der Waals surface area contributed by atoms with Crippen LogP contribution in [0.1, 0.15) is 19.5 Å². The van der Waals surface area contributed by atoms with Crippen molar-refractivity contribution in [3.63, 3.8) is 0 Å². The van der Waals surface area contributed by atoms with Crippen molar-refractivity contribution in [1.82, 2.24) is 9.97 Å². The third-order valence-corrected chi connectivity index (χ3v) is 2.66. The maximum absolute atomic E-state index is 4.58. The first-order valence-electron chi connectivity index (χ1n) is 5.06. The third-order valence-electron chi connectivity index (χ3n) is 2.17. The second-order valence-electron chi connectivity index (χ2n) is 4.09. The molecule has 0 saturated carbocycles. The number of nitrogens with zero attached hydrogens (tertiary/aromatic N) is 2. The summed E-state index contributed by atoms with van der Waals surface area (Å²) in [6.45, 7) is 4.37. The molecule has 1 aromatic carbocycles. The van der Waals surface area contributed by atoms with E-state index in [0.29, 0.717) is 5.92 Å². The van der Waals surface area contributed by atoms with Crippen LogP contribution in [0.5, 0.6) is 0 Å². The van der Waals surface area contributed by atoms with Crippen molar-refractivity contribution in [3.8, 4) is 0 Å². The van der Waals surface area contributed by atoms with Gasteiger partial charge < -0.3 is 0 Å². The molecule has 1 aromatic heterocycles. The minimum atomic E-state index is 0.615. The fraction of sp³-hybridized carbons (Fsp3) is 0.333. The molecule has 2 aromatic rings. The number of aromatic nitrogens is 2. The van der Waals surface area contributed by atoms with Crippen LogP contribution in [-0.4, -0.2) is 9.97 Å². The highest BCUT2D eigenvalue weighted by Crippen LogP contribution is 2.17. The first-order valence-corrected chi connectivity index (χ1v) is 5.85. The zero-order chi connectivity index (χ0) is 10.8. The molecule has 0 spiro atoms. The summed E-state index contributed by atoms with van der Waals surface area (Å²) in [5.41, 5.74) is 2.98. The number of hydrogen-bond acceptors (Lipinski definition) is 2. The Bertz CT molecular complexity index is 480. The van der Waals surface area contributed by atoms with Gasteiger partial charge >= 0.3 is 0 Å². The van der Waals surface area contributed by atoms with E-state index in [1.807, 2.05) is 24.4 Å². The molecule has 15 heavy (non-hydrogen) atoms. The summed E-state index contributed by atoms with van der Waals surface area (Å²) in [5, 5.41) is 0. The highest BCUT2D eigenvalue weighted by molar-refractivity contribution is 9.10. The molecule has 78 valence electrons. The average molecular weight is 265 g/mol. The molecule has 0 amide bonds. The molecular formula is C12H13BrN2. The summed E-state index contributed by atoms with van der Waals surface area (Å²) >= 11 is 3.44. The second kappa shape index (κ2) is 4.27. The van der Waals surface area contributed by atoms with Gasteiger partial charge in [-0.15, -0.1) is 0 Å². The summed E-state index contributed by atoms with van der Waals surface area (Å²) in [6.07, 6.45) is 2.85. The average Bonchev–Trinajstić information content (AvgIpc) is 2.16. The maximum Gasteiger partial charge on any atom is 0.0901 e. The molecule has 0 aliphatic heterocycles. The molecule has 3 heteroatoms. The number of fused-ring (bicyclic) bond motifs is 1. The van der Waals surface area contributed by atoms with E-state index in [-0.39, 0.29) is 0 Å². The van der Waals surface area contributed by atoms with Gasteiger partial charge in [0.05, 0.1) is 16.7 Å². The zero-order valence-electron chi connectivity index (χ0n) is 8.87. The third kappa shape index (κ3) is 2.53. The topological polar surface area (TPSA) is 25.8 Å². The van der Waals surface area contributed by atoms with E-state index in [1.165, 1.54) is 0 Å². The maximum atomic E-state index is 4.58. The lowest BCUT2D eigenvalue weighted by Crippen LogP contribution is -1.98. The monoisotopic (exact) mass is 264 g/mol. The van der Waals surface area contributed by atoms with E-state index in [4.69, 9.17) is 0 Å². The predicted molar refractivity (Wildman–Crippen MR) is 65.8 cm³/mol. The summed E-state index contributed by atoms with van der Waals surface area (Å²) < 4.78 is 1.05. The van der Waals surface area contributed by atoms with E-state index in [9.17, 15) is 0 Å². The van der Waals surface area contributed by atoms with E-state index in [2.05, 4.69) is 39.7 Å². The van der Waals surface area contributed by atoms with Crippen molar-refractivity contribution in [2.45, 2.75) is 20.3 Å². The lowest BCUT2D eigenvalue weighted by Gasteiger charge is -2.04. The Morgan fingerprint density at radius 1 is 1.27 bits per heavy atom. The van der Waals surface area contributed by atoms with Gasteiger partial charge in [0.2, 0.25) is 0 Å². The van der Waals surface area contributed by atoms with Crippen molar-refractivity contribution in [3.05, 3.63) is 34.6 Å². The Morgan fingerprint density at radius 2 is 2.07 bits per heavy atom. The van der Waals surface area contributed by atoms with Crippen LogP contribution in [0.4, 0.5) is 0 Å². The Labute approximate surface area is 97.9 Å². The summed E-state index contributed by atoms with van der Waals surface area (Å²) in [6, 6.07) is 5.97. The molecule has 2 rings (SSSR count). The summed E-state index contributed by atoms with van der Waals surface area (Å²) in [5.74, 6) is 0.615. The minimum Gasteiger partial charge on any atom is -0.253 e. The van der Waals surface area contributed by atoms with Crippen LogP contribution >= 0.6 is 15.9 Å². The van der Waals surface area contributed by atoms with Gasteiger partial charge in [-0.1, -0.05) is 29.8 Å². The Balaban J connectivity index is 2.45. The Hall–Kier alpha value is -0.960. The van der Waals surface area contributed by atoms with Gasteiger partial charge in [-0.05, 0) is 30.5 Å². The molecule has 0 N–H and O–H groups in total. The summed E-state index contributed by atoms with van der Waals surface area (Å²) in [7, 11) is 0. The van der Waals surface area contributed by atoms with Crippen molar-refractivity contribution in [1.29, 1.82) is 0 Å². The molecule has 0 aliphatic carbocycles. The molecule has 0 unspecified atom stereocenters. The van der Waals surface area contributed by atoms with Gasteiger partial charge in [-0.2, -0.15) is 0 Å². The van der Waals surface area contributed by atoms with Gasteiger partial charge in [0.25, 0.3) is 0 Å². The molecule has 1 heterocycles. The lowest BCUT2D eigenvalue weighted by atomic mass is 10.1. The van der Waals surface area contributed by atoms with Crippen LogP contribution in [0.2, 0.25) is 0 Å². The number of benzene rings is 1. The highest BCUT2D eigenvalue weighted by Gasteiger charge is 2.02. The van der Waals surface area contributed by atoms with Gasteiger partial charge in [0, 0.05) is 10.7 Å². The molecule has 2 nitrogen and oxygen atoms in total. The molecule has 0 aliphatic rings. The van der Waals surface area contributed by atoms with Gasteiger partial charge in [0.1, 0.15) is 0 Å². The van der Waals surface area contributed by atoms with Crippen LogP contribution in [0.15, 0.2) is 28.9 Å². The van der Waals surface area contributed by atoms with Crippen molar-refractivity contribution in [2.24, 2.45) is 5.92 Å². The van der Waals surface area contributed by atoms with Crippen LogP contribution in [0.25, 0.3) is 11.0 Å². The van der Waals surface area contributed by atoms with E-state index in [0.717, 1.165) is 27.6 Å². The Kier molecular flexibility index (Phi) is 3.00. The van der Waals surface area contributed by atoms with E-state index in [1.54, 1.807) is 0 Å². The first kappa shape index (κ1) is 10.6. The van der Waals surface area contributed by atoms with Crippen LogP contribution in [0, 0.1) is 5.92 Å². The predicted octanol–water partition coefficient (Wildman–Crippen LogP) is 3.59. The van der Waals surface area contributed by atoms with Crippen molar-refractivity contribution < 1.29 is 0 Å². The normalized spacial score (nSPS) is 11.2. The number of hydrogen-bond donors (Lipinski definition) is 0. The molecule has 0 radical (unpaired) electrons. The zero-order valence-corrected chi connectivity index (χ0v) is 10.5. The van der Waals surface area contributed by atoms with Gasteiger partial charge in [-0.3, -0.25) is 4.98 Å². The standard InChI is InChI=1S/C12H13BrN2/c1-8(2)5-10-7-14-11-4-3-9(13)6-12(11)15-10/h3-4,6-8H,5H2,1-2H3. The fourth-order valence-electron chi connectivity index (χ4n) is 1.54. The van der Waals surface area contributed by atoms with Crippen molar-refractivity contribution >= 4 is 27.0 Å². The lowest BCUT2D eigenvalue weighted by molar-refractivity contribution is 0.635. The van der Waals surface area contributed by atoms with E-state index < -0.39 is 0 Å². The van der Waals surface area contributed by atoms with E-state index >= 15 is 0 Å².